The molecule has 38 heavy (non-hydrogen) atoms. The van der Waals surface area contributed by atoms with Gasteiger partial charge in [-0.05, 0) is 24.3 Å². The highest BCUT2D eigenvalue weighted by Crippen LogP contribution is 2.62. The number of amides is 1. The Hall–Kier alpha value is -2.74. The third-order valence-corrected chi connectivity index (χ3v) is 7.98. The summed E-state index contributed by atoms with van der Waals surface area (Å²) in [5, 5.41) is 24.3. The van der Waals surface area contributed by atoms with Crippen LogP contribution in [0.2, 0.25) is 10.0 Å². The largest absolute Gasteiger partial charge is 0.481 e. The molecule has 0 radical (unpaired) electrons. The molecule has 8 nitrogen and oxygen atoms in total. The number of nitrogens with zero attached hydrogens (tertiary/aromatic N) is 3. The van der Waals surface area contributed by atoms with E-state index < -0.39 is 78.1 Å². The molecule has 3 aliphatic heterocycles. The predicted octanol–water partition coefficient (Wildman–Crippen LogP) is 4.05. The van der Waals surface area contributed by atoms with Gasteiger partial charge in [0, 0.05) is 30.1 Å². The number of fused-ring (bicyclic) bond motifs is 4. The van der Waals surface area contributed by atoms with Crippen molar-refractivity contribution < 1.29 is 41.8 Å². The van der Waals surface area contributed by atoms with E-state index in [0.29, 0.717) is 11.0 Å². The number of aromatic nitrogens is 1. The number of hydrogen-bond acceptors (Lipinski definition) is 6. The van der Waals surface area contributed by atoms with Crippen LogP contribution in [0.5, 0.6) is 0 Å². The lowest BCUT2D eigenvalue weighted by Crippen LogP contribution is -2.56. The lowest BCUT2D eigenvalue weighted by molar-refractivity contribution is -0.153. The number of carbonyl (C=O) groups excluding carboxylic acids is 1. The first-order valence-corrected chi connectivity index (χ1v) is 12.0. The Morgan fingerprint density at radius 1 is 1.24 bits per heavy atom. The summed E-state index contributed by atoms with van der Waals surface area (Å²) in [5.74, 6) is -9.98. The molecule has 1 amide bonds. The first-order chi connectivity index (χ1) is 17.6. The molecule has 2 aromatic rings. The monoisotopic (exact) mass is 580 g/mol. The van der Waals surface area contributed by atoms with Crippen LogP contribution >= 0.6 is 23.2 Å². The zero-order chi connectivity index (χ0) is 27.9. The molecule has 5 atom stereocenters. The Morgan fingerprint density at radius 2 is 1.92 bits per heavy atom. The van der Waals surface area contributed by atoms with Crippen LogP contribution in [0.25, 0.3) is 0 Å². The topological polar surface area (TPSA) is 106 Å². The highest BCUT2D eigenvalue weighted by atomic mass is 35.5. The minimum absolute atomic E-state index is 0.00451. The molecule has 5 rings (SSSR count). The summed E-state index contributed by atoms with van der Waals surface area (Å²) in [4.78, 5) is 31.8. The van der Waals surface area contributed by atoms with Gasteiger partial charge >= 0.3 is 12.1 Å². The summed E-state index contributed by atoms with van der Waals surface area (Å²) in [5.41, 5.74) is -3.30. The number of hydrogen-bond donors (Lipinski definition) is 3. The number of anilines is 2. The lowest BCUT2D eigenvalue weighted by Gasteiger charge is -2.40. The van der Waals surface area contributed by atoms with Crippen molar-refractivity contribution in [3.63, 3.8) is 0 Å². The Morgan fingerprint density at radius 3 is 2.55 bits per heavy atom. The van der Waals surface area contributed by atoms with Crippen molar-refractivity contribution in [3.05, 3.63) is 51.6 Å². The van der Waals surface area contributed by atoms with E-state index in [1.54, 1.807) is 0 Å². The van der Waals surface area contributed by atoms with E-state index in [4.69, 9.17) is 23.2 Å². The summed E-state index contributed by atoms with van der Waals surface area (Å²) in [7, 11) is 1.08. The van der Waals surface area contributed by atoms with E-state index in [1.165, 1.54) is 12.1 Å². The molecular formula is C23H19Cl2F5N4O4. The summed E-state index contributed by atoms with van der Waals surface area (Å²) < 4.78 is 69.3. The summed E-state index contributed by atoms with van der Waals surface area (Å²) in [6.07, 6.45) is -7.54. The highest BCUT2D eigenvalue weighted by molar-refractivity contribution is 6.36. The van der Waals surface area contributed by atoms with Crippen molar-refractivity contribution in [2.75, 3.05) is 23.8 Å². The number of aliphatic carboxylic acids is 1. The third-order valence-electron chi connectivity index (χ3n) is 7.47. The molecule has 0 aliphatic carbocycles. The van der Waals surface area contributed by atoms with Crippen LogP contribution in [0.15, 0.2) is 30.3 Å². The second-order valence-electron chi connectivity index (χ2n) is 9.56. The average molecular weight is 581 g/mol. The molecule has 3 N–H and O–H groups in total. The van der Waals surface area contributed by atoms with Gasteiger partial charge < -0.3 is 15.5 Å². The minimum Gasteiger partial charge on any atom is -0.481 e. The Bertz CT molecular complexity index is 1350. The van der Waals surface area contributed by atoms with Crippen LogP contribution in [0.4, 0.5) is 33.5 Å². The summed E-state index contributed by atoms with van der Waals surface area (Å²) in [6.45, 7) is -0.987. The first kappa shape index (κ1) is 26.9. The molecule has 1 unspecified atom stereocenters. The van der Waals surface area contributed by atoms with Crippen LogP contribution in [0.1, 0.15) is 17.7 Å². The van der Waals surface area contributed by atoms with Crippen molar-refractivity contribution in [1.29, 1.82) is 0 Å². The zero-order valence-electron chi connectivity index (χ0n) is 19.3. The summed E-state index contributed by atoms with van der Waals surface area (Å²) >= 11 is 12.4. The van der Waals surface area contributed by atoms with E-state index in [9.17, 15) is 41.8 Å². The number of aliphatic hydroxyl groups excluding tert-OH is 1. The van der Waals surface area contributed by atoms with Crippen molar-refractivity contribution in [2.45, 2.75) is 36.3 Å². The number of carbonyl (C=O) groups is 2. The fourth-order valence-electron chi connectivity index (χ4n) is 6.08. The van der Waals surface area contributed by atoms with E-state index in [0.717, 1.165) is 24.1 Å². The lowest BCUT2D eigenvalue weighted by atomic mass is 9.73. The molecule has 1 aromatic carbocycles. The number of rotatable bonds is 3. The van der Waals surface area contributed by atoms with E-state index >= 15 is 0 Å². The van der Waals surface area contributed by atoms with Gasteiger partial charge in [-0.2, -0.15) is 13.2 Å². The number of aliphatic hydroxyl groups is 1. The quantitative estimate of drug-likeness (QED) is 0.470. The van der Waals surface area contributed by atoms with E-state index in [-0.39, 0.29) is 21.3 Å². The number of carboxylic acids is 1. The Balaban J connectivity index is 1.67. The molecule has 204 valence electrons. The molecule has 0 bridgehead atoms. The molecular weight excluding hydrogens is 562 g/mol. The fourth-order valence-corrected chi connectivity index (χ4v) is 6.63. The van der Waals surface area contributed by atoms with Crippen LogP contribution in [0.3, 0.4) is 0 Å². The average Bonchev–Trinajstić information content (AvgIpc) is 3.38. The van der Waals surface area contributed by atoms with Crippen molar-refractivity contribution in [1.82, 2.24) is 9.88 Å². The maximum absolute atomic E-state index is 14.8. The predicted molar refractivity (Wildman–Crippen MR) is 125 cm³/mol. The molecule has 3 aliphatic rings. The molecule has 1 aromatic heterocycles. The number of nitrogens with one attached hydrogen (secondary N) is 1. The van der Waals surface area contributed by atoms with Gasteiger partial charge in [0.2, 0.25) is 5.91 Å². The molecule has 2 saturated heterocycles. The fraction of sp³-hybridized carbons (Fsp3) is 0.435. The molecule has 15 heteroatoms. The van der Waals surface area contributed by atoms with Crippen LogP contribution in [0, 0.1) is 11.8 Å². The van der Waals surface area contributed by atoms with Gasteiger partial charge in [0.05, 0.1) is 29.1 Å². The van der Waals surface area contributed by atoms with Gasteiger partial charge in [0.15, 0.2) is 0 Å². The van der Waals surface area contributed by atoms with Gasteiger partial charge in [0.25, 0.3) is 5.92 Å². The van der Waals surface area contributed by atoms with Crippen LogP contribution in [-0.4, -0.2) is 63.8 Å². The maximum atomic E-state index is 14.8. The molecule has 4 heterocycles. The molecule has 2 fully saturated rings. The first-order valence-electron chi connectivity index (χ1n) is 11.2. The van der Waals surface area contributed by atoms with Crippen molar-refractivity contribution in [2.24, 2.45) is 11.8 Å². The van der Waals surface area contributed by atoms with Gasteiger partial charge in [0.1, 0.15) is 23.3 Å². The standard InChI is InChI=1S/C23H19Cl2F5N4O4/c1-33(14-4-2-3-13(31-14)23(28,29)30)18(35)15-12-7-21(26,27)8-34(12)22(16(15)19(36)37)10-5-9(24)6-11(25)17(10)32-20(22)38/h2-6,12,15-16,20,32,38H,7-8H2,1H3,(H,36,37)/t12-,15+,16-,20-,22?/m1/s1. The van der Waals surface area contributed by atoms with Crippen LogP contribution in [-0.2, 0) is 21.3 Å². The smallest absolute Gasteiger partial charge is 0.433 e. The normalized spacial score (nSPS) is 29.7. The molecule has 1 spiro atoms. The maximum Gasteiger partial charge on any atom is 0.433 e. The highest BCUT2D eigenvalue weighted by Gasteiger charge is 2.74. The van der Waals surface area contributed by atoms with Gasteiger partial charge in [-0.1, -0.05) is 29.3 Å². The number of alkyl halides is 5. The number of pyridine rings is 1. The minimum atomic E-state index is -4.83. The number of halogens is 7. The second kappa shape index (κ2) is 8.63. The van der Waals surface area contributed by atoms with Crippen molar-refractivity contribution in [3.8, 4) is 0 Å². The van der Waals surface area contributed by atoms with Crippen LogP contribution < -0.4 is 10.2 Å². The van der Waals surface area contributed by atoms with E-state index in [1.807, 2.05) is 0 Å². The second-order valence-corrected chi connectivity index (χ2v) is 10.4. The van der Waals surface area contributed by atoms with E-state index in [2.05, 4.69) is 10.3 Å². The van der Waals surface area contributed by atoms with Gasteiger partial charge in [-0.3, -0.25) is 19.4 Å². The third kappa shape index (κ3) is 3.81. The SMILES string of the molecule is CN(C(=O)[C@H]1[C@H]2CC(F)(F)CN2C2(c3cc(Cl)cc(Cl)c3N[C@@H]2O)[C@H]1C(=O)O)c1cccc(C(F)(F)F)n1. The van der Waals surface area contributed by atoms with Gasteiger partial charge in [-0.15, -0.1) is 0 Å². The Labute approximate surface area is 221 Å². The Kier molecular flexibility index (Phi) is 6.10. The van der Waals surface area contributed by atoms with Gasteiger partial charge in [-0.25, -0.2) is 13.8 Å². The van der Waals surface area contributed by atoms with Crippen molar-refractivity contribution >= 4 is 46.6 Å². The molecule has 0 saturated carbocycles. The number of benzene rings is 1. The summed E-state index contributed by atoms with van der Waals surface area (Å²) in [6, 6.07) is 4.02. The number of carboxylic acid groups (broad SMARTS) is 1. The zero-order valence-corrected chi connectivity index (χ0v) is 20.8.